The molecule has 1 aromatic heterocycles. The number of anilines is 2. The normalized spacial score (nSPS) is 13.8. The number of ether oxygens (including phenoxy) is 5. The SMILES string of the molecule is CCOC(=O)/C=C(/c1ccc2c(c1)OCO2)N(C=O)c1ccc(OCCc2ccc3c(n2)N(C(=O)OC(C)(C)C)CCC3)cc1[N+](=O)[O-]. The molecule has 0 aliphatic carbocycles. The monoisotopic (exact) mass is 660 g/mol. The number of carbonyl (C=O) groups is 3. The summed E-state index contributed by atoms with van der Waals surface area (Å²) < 4.78 is 27.3. The summed E-state index contributed by atoms with van der Waals surface area (Å²) in [5, 5.41) is 12.2. The molecule has 2 aromatic carbocycles. The summed E-state index contributed by atoms with van der Waals surface area (Å²) in [6.45, 7) is 7.76. The Morgan fingerprint density at radius 2 is 1.90 bits per heavy atom. The Labute approximate surface area is 276 Å². The zero-order valence-electron chi connectivity index (χ0n) is 27.1. The Hall–Kier alpha value is -5.66. The molecule has 0 unspecified atom stereocenters. The van der Waals surface area contributed by atoms with Crippen LogP contribution in [-0.2, 0) is 31.9 Å². The summed E-state index contributed by atoms with van der Waals surface area (Å²) in [4.78, 5) is 56.7. The van der Waals surface area contributed by atoms with Crippen molar-refractivity contribution in [2.45, 2.75) is 52.6 Å². The first-order valence-corrected chi connectivity index (χ1v) is 15.4. The molecule has 0 radical (unpaired) electrons. The third-order valence-electron chi connectivity index (χ3n) is 7.32. The summed E-state index contributed by atoms with van der Waals surface area (Å²) in [5.41, 5.74) is 0.810. The molecule has 0 bridgehead atoms. The quantitative estimate of drug-likeness (QED) is 0.0829. The maximum absolute atomic E-state index is 12.8. The van der Waals surface area contributed by atoms with Crippen LogP contribution in [0.1, 0.15) is 50.9 Å². The number of pyridine rings is 1. The minimum Gasteiger partial charge on any atom is -0.493 e. The smallest absolute Gasteiger partial charge is 0.416 e. The number of nitro groups is 1. The summed E-state index contributed by atoms with van der Waals surface area (Å²) in [5.74, 6) is 0.854. The van der Waals surface area contributed by atoms with Crippen molar-refractivity contribution < 1.29 is 43.0 Å². The highest BCUT2D eigenvalue weighted by molar-refractivity contribution is 6.04. The largest absolute Gasteiger partial charge is 0.493 e. The van der Waals surface area contributed by atoms with Crippen LogP contribution in [0.3, 0.4) is 0 Å². The molecule has 14 nitrogen and oxygen atoms in total. The van der Waals surface area contributed by atoms with Crippen molar-refractivity contribution in [3.8, 4) is 17.2 Å². The van der Waals surface area contributed by atoms with Gasteiger partial charge in [0.1, 0.15) is 22.9 Å². The van der Waals surface area contributed by atoms with Gasteiger partial charge in [-0.15, -0.1) is 0 Å². The average Bonchev–Trinajstić information content (AvgIpc) is 3.52. The molecule has 14 heteroatoms. The van der Waals surface area contributed by atoms with E-state index in [1.807, 2.05) is 32.9 Å². The molecule has 2 amide bonds. The zero-order valence-corrected chi connectivity index (χ0v) is 27.1. The number of aryl methyl sites for hydroxylation is 1. The van der Waals surface area contributed by atoms with Crippen molar-refractivity contribution in [3.63, 3.8) is 0 Å². The van der Waals surface area contributed by atoms with Gasteiger partial charge in [0.25, 0.3) is 5.69 Å². The lowest BCUT2D eigenvalue weighted by Gasteiger charge is -2.31. The number of rotatable bonds is 11. The van der Waals surface area contributed by atoms with Gasteiger partial charge in [-0.3, -0.25) is 24.7 Å². The van der Waals surface area contributed by atoms with Crippen LogP contribution >= 0.6 is 0 Å². The second-order valence-corrected chi connectivity index (χ2v) is 11.9. The fourth-order valence-electron chi connectivity index (χ4n) is 5.22. The number of esters is 1. The topological polar surface area (TPSA) is 160 Å². The Bertz CT molecular complexity index is 1750. The molecule has 0 spiro atoms. The van der Waals surface area contributed by atoms with E-state index in [1.54, 1.807) is 30.0 Å². The van der Waals surface area contributed by atoms with Crippen LogP contribution in [0.2, 0.25) is 0 Å². The van der Waals surface area contributed by atoms with Crippen molar-refractivity contribution in [3.05, 3.63) is 81.5 Å². The molecule has 252 valence electrons. The van der Waals surface area contributed by atoms with Gasteiger partial charge in [-0.25, -0.2) is 14.6 Å². The average molecular weight is 661 g/mol. The first-order valence-electron chi connectivity index (χ1n) is 15.4. The van der Waals surface area contributed by atoms with Gasteiger partial charge in [-0.1, -0.05) is 6.07 Å². The van der Waals surface area contributed by atoms with E-state index in [0.29, 0.717) is 47.9 Å². The first kappa shape index (κ1) is 33.7. The van der Waals surface area contributed by atoms with Crippen LogP contribution in [0, 0.1) is 10.1 Å². The van der Waals surface area contributed by atoms with Gasteiger partial charge in [0.2, 0.25) is 13.2 Å². The zero-order chi connectivity index (χ0) is 34.4. The van der Waals surface area contributed by atoms with E-state index in [0.717, 1.165) is 29.4 Å². The number of carbonyl (C=O) groups excluding carboxylic acids is 3. The minimum absolute atomic E-state index is 0.00704. The molecule has 5 rings (SSSR count). The summed E-state index contributed by atoms with van der Waals surface area (Å²) in [7, 11) is 0. The maximum atomic E-state index is 12.8. The maximum Gasteiger partial charge on any atom is 0.416 e. The second-order valence-electron chi connectivity index (χ2n) is 11.9. The van der Waals surface area contributed by atoms with Crippen molar-refractivity contribution in [2.24, 2.45) is 0 Å². The van der Waals surface area contributed by atoms with Crippen molar-refractivity contribution in [2.75, 3.05) is 36.4 Å². The van der Waals surface area contributed by atoms with Gasteiger partial charge in [0, 0.05) is 30.3 Å². The van der Waals surface area contributed by atoms with Crippen molar-refractivity contribution in [1.82, 2.24) is 4.98 Å². The first-order chi connectivity index (χ1) is 23.0. The molecule has 48 heavy (non-hydrogen) atoms. The Balaban J connectivity index is 1.36. The van der Waals surface area contributed by atoms with E-state index < -0.39 is 28.3 Å². The van der Waals surface area contributed by atoms with Crippen LogP contribution in [0.15, 0.2) is 54.6 Å². The molecule has 3 aromatic rings. The van der Waals surface area contributed by atoms with E-state index in [2.05, 4.69) is 0 Å². The Kier molecular flexibility index (Phi) is 10.1. The summed E-state index contributed by atoms with van der Waals surface area (Å²) >= 11 is 0. The van der Waals surface area contributed by atoms with E-state index in [9.17, 15) is 24.5 Å². The predicted molar refractivity (Wildman–Crippen MR) is 174 cm³/mol. The van der Waals surface area contributed by atoms with E-state index >= 15 is 0 Å². The molecule has 2 aliphatic rings. The molecule has 0 atom stereocenters. The highest BCUT2D eigenvalue weighted by atomic mass is 16.7. The van der Waals surface area contributed by atoms with Gasteiger partial charge in [-0.05, 0) is 82.5 Å². The van der Waals surface area contributed by atoms with Crippen LogP contribution in [0.5, 0.6) is 17.2 Å². The van der Waals surface area contributed by atoms with Crippen molar-refractivity contribution >= 4 is 41.4 Å². The molecule has 0 saturated carbocycles. The van der Waals surface area contributed by atoms with E-state index in [-0.39, 0.29) is 37.1 Å². The highest BCUT2D eigenvalue weighted by Gasteiger charge is 2.29. The number of nitrogens with zero attached hydrogens (tertiary/aromatic N) is 4. The molecule has 3 heterocycles. The van der Waals surface area contributed by atoms with Crippen LogP contribution in [0.25, 0.3) is 5.70 Å². The lowest BCUT2D eigenvalue weighted by atomic mass is 10.1. The fraction of sp³-hybridized carbons (Fsp3) is 0.353. The second kappa shape index (κ2) is 14.4. The van der Waals surface area contributed by atoms with Crippen LogP contribution in [0.4, 0.5) is 22.0 Å². The van der Waals surface area contributed by atoms with Gasteiger partial charge in [0.05, 0.1) is 29.9 Å². The van der Waals surface area contributed by atoms with Gasteiger partial charge in [0.15, 0.2) is 11.5 Å². The lowest BCUT2D eigenvalue weighted by molar-refractivity contribution is -0.384. The number of nitro benzene ring substituents is 1. The van der Waals surface area contributed by atoms with Crippen LogP contribution in [-0.4, -0.2) is 60.5 Å². The number of hydrogen-bond donors (Lipinski definition) is 0. The predicted octanol–water partition coefficient (Wildman–Crippen LogP) is 5.59. The molecule has 0 fully saturated rings. The number of aromatic nitrogens is 1. The van der Waals surface area contributed by atoms with E-state index in [1.165, 1.54) is 18.2 Å². The van der Waals surface area contributed by atoms with Gasteiger partial charge >= 0.3 is 12.1 Å². The molecule has 2 aliphatic heterocycles. The van der Waals surface area contributed by atoms with Gasteiger partial charge in [-0.2, -0.15) is 0 Å². The third-order valence-corrected chi connectivity index (χ3v) is 7.32. The van der Waals surface area contributed by atoms with Crippen molar-refractivity contribution in [1.29, 1.82) is 0 Å². The Morgan fingerprint density at radius 1 is 1.10 bits per heavy atom. The molecular weight excluding hydrogens is 624 g/mol. The molecular formula is C34H36N4O10. The summed E-state index contributed by atoms with van der Waals surface area (Å²) in [6, 6.07) is 12.6. The molecule has 0 saturated heterocycles. The third kappa shape index (κ3) is 7.82. The number of benzene rings is 2. The van der Waals surface area contributed by atoms with Gasteiger partial charge < -0.3 is 23.7 Å². The number of amides is 2. The lowest BCUT2D eigenvalue weighted by Crippen LogP contribution is -2.40. The summed E-state index contributed by atoms with van der Waals surface area (Å²) in [6.07, 6.45) is 2.93. The number of fused-ring (bicyclic) bond motifs is 2. The van der Waals surface area contributed by atoms with E-state index in [4.69, 9.17) is 28.7 Å². The standard InChI is InChI=1S/C34H36N4O10/c1-5-44-31(40)19-27(23-9-13-29-30(17-23)47-21-46-29)37(20-39)26-12-11-25(18-28(26)38(42)43)45-16-14-24-10-8-22-7-6-15-36(32(22)35-24)33(41)48-34(2,3)4/h8-13,17-20H,5-7,14-16,21H2,1-4H3/b27-19-. The Morgan fingerprint density at radius 3 is 2.62 bits per heavy atom. The number of hydrogen-bond acceptors (Lipinski definition) is 11. The minimum atomic E-state index is -0.746. The highest BCUT2D eigenvalue weighted by Crippen LogP contribution is 2.39. The fourth-order valence-corrected chi connectivity index (χ4v) is 5.22. The van der Waals surface area contributed by atoms with Crippen LogP contribution < -0.4 is 24.0 Å². The molecule has 0 N–H and O–H groups in total.